The molecule has 1 saturated heterocycles. The lowest BCUT2D eigenvalue weighted by molar-refractivity contribution is -0.384. The minimum absolute atomic E-state index is 0.0610. The average Bonchev–Trinajstić information content (AvgIpc) is 2.74. The molecule has 1 heterocycles. The third-order valence-electron chi connectivity index (χ3n) is 4.52. The molecule has 2 aromatic carbocycles. The van der Waals surface area contributed by atoms with Crippen LogP contribution in [-0.2, 0) is 19.6 Å². The molecule has 1 atom stereocenters. The largest absolute Gasteiger partial charge is 0.350 e. The lowest BCUT2D eigenvalue weighted by atomic mass is 10.2. The van der Waals surface area contributed by atoms with Crippen molar-refractivity contribution in [2.45, 2.75) is 37.4 Å². The zero-order chi connectivity index (χ0) is 20.9. The molecule has 1 fully saturated rings. The minimum atomic E-state index is -3.98. The molecule has 0 spiro atoms. The fraction of sp³-hybridized carbons (Fsp3) is 0.368. The summed E-state index contributed by atoms with van der Waals surface area (Å²) in [7, 11) is -3.98. The van der Waals surface area contributed by atoms with Gasteiger partial charge in [-0.3, -0.25) is 19.9 Å². The van der Waals surface area contributed by atoms with Gasteiger partial charge in [-0.2, -0.15) is 0 Å². The van der Waals surface area contributed by atoms with Crippen molar-refractivity contribution >= 4 is 27.1 Å². The Bertz CT molecular complexity index is 946. The quantitative estimate of drug-likeness (QED) is 0.511. The Kier molecular flexibility index (Phi) is 6.68. The van der Waals surface area contributed by atoms with E-state index < -0.39 is 26.9 Å². The number of anilines is 2. The number of para-hydroxylation sites is 1. The molecular weight excluding hydrogens is 398 g/mol. The lowest BCUT2D eigenvalue weighted by Crippen LogP contribution is -2.30. The third kappa shape index (κ3) is 4.84. The van der Waals surface area contributed by atoms with Crippen LogP contribution in [0.4, 0.5) is 17.1 Å². The molecule has 0 bridgehead atoms. The van der Waals surface area contributed by atoms with E-state index in [1.807, 2.05) is 0 Å². The van der Waals surface area contributed by atoms with E-state index in [2.05, 4.69) is 5.48 Å². The van der Waals surface area contributed by atoms with E-state index in [0.29, 0.717) is 18.7 Å². The highest BCUT2D eigenvalue weighted by Crippen LogP contribution is 2.31. The van der Waals surface area contributed by atoms with Crippen LogP contribution >= 0.6 is 0 Å². The lowest BCUT2D eigenvalue weighted by Gasteiger charge is -2.24. The van der Waals surface area contributed by atoms with Crippen LogP contribution in [-0.4, -0.2) is 32.8 Å². The normalized spacial score (nSPS) is 16.9. The zero-order valence-electron chi connectivity index (χ0n) is 16.0. The van der Waals surface area contributed by atoms with E-state index in [9.17, 15) is 18.5 Å². The van der Waals surface area contributed by atoms with E-state index in [1.54, 1.807) is 37.3 Å². The van der Waals surface area contributed by atoms with Crippen molar-refractivity contribution in [3.05, 3.63) is 58.6 Å². The second kappa shape index (κ2) is 9.21. The fourth-order valence-electron chi connectivity index (χ4n) is 3.06. The first kappa shape index (κ1) is 21.0. The Balaban J connectivity index is 1.87. The smallest absolute Gasteiger partial charge is 0.295 e. The van der Waals surface area contributed by atoms with Crippen LogP contribution in [0.5, 0.6) is 0 Å². The number of sulfonamides is 1. The summed E-state index contributed by atoms with van der Waals surface area (Å²) in [6.45, 7) is 2.45. The molecule has 0 aliphatic carbocycles. The topological polar surface area (TPSA) is 111 Å². The maximum Gasteiger partial charge on any atom is 0.295 e. The second-order valence-corrected chi connectivity index (χ2v) is 8.32. The highest BCUT2D eigenvalue weighted by molar-refractivity contribution is 7.92. The van der Waals surface area contributed by atoms with Gasteiger partial charge in [0, 0.05) is 25.6 Å². The SMILES string of the molecule is CCN(c1ccccc1)S(=O)(=O)c1ccc(NOC2CCCCO2)c([N+](=O)[O-])c1. The average molecular weight is 421 g/mol. The zero-order valence-corrected chi connectivity index (χ0v) is 16.8. The maximum atomic E-state index is 13.1. The molecule has 9 nitrogen and oxygen atoms in total. The molecule has 1 unspecified atom stereocenters. The van der Waals surface area contributed by atoms with Gasteiger partial charge < -0.3 is 4.74 Å². The summed E-state index contributed by atoms with van der Waals surface area (Å²) in [6.07, 6.45) is 2.07. The van der Waals surface area contributed by atoms with Gasteiger partial charge >= 0.3 is 0 Å². The number of ether oxygens (including phenoxy) is 1. The van der Waals surface area contributed by atoms with E-state index in [4.69, 9.17) is 9.57 Å². The molecule has 2 aromatic rings. The van der Waals surface area contributed by atoms with Gasteiger partial charge in [0.15, 0.2) is 6.29 Å². The summed E-state index contributed by atoms with van der Waals surface area (Å²) in [5, 5.41) is 11.5. The van der Waals surface area contributed by atoms with Gasteiger partial charge in [0.1, 0.15) is 5.69 Å². The molecule has 0 saturated carbocycles. The van der Waals surface area contributed by atoms with Gasteiger partial charge in [0.05, 0.1) is 15.5 Å². The monoisotopic (exact) mass is 421 g/mol. The van der Waals surface area contributed by atoms with Crippen molar-refractivity contribution in [3.8, 4) is 0 Å². The summed E-state index contributed by atoms with van der Waals surface area (Å²) < 4.78 is 32.8. The molecule has 29 heavy (non-hydrogen) atoms. The van der Waals surface area contributed by atoms with E-state index in [1.165, 1.54) is 16.4 Å². The summed E-state index contributed by atoms with van der Waals surface area (Å²) in [5.74, 6) is 0. The molecule has 3 rings (SSSR count). The number of hydrogen-bond acceptors (Lipinski definition) is 7. The molecular formula is C19H23N3O6S. The molecule has 0 aromatic heterocycles. The van der Waals surface area contributed by atoms with Crippen molar-refractivity contribution < 1.29 is 22.9 Å². The van der Waals surface area contributed by atoms with Crippen molar-refractivity contribution in [1.29, 1.82) is 0 Å². The van der Waals surface area contributed by atoms with Crippen LogP contribution in [0.25, 0.3) is 0 Å². The number of nitro benzene ring substituents is 1. The van der Waals surface area contributed by atoms with Gasteiger partial charge in [0.25, 0.3) is 15.7 Å². The number of nitrogens with one attached hydrogen (secondary N) is 1. The van der Waals surface area contributed by atoms with Crippen LogP contribution in [0.15, 0.2) is 53.4 Å². The summed E-state index contributed by atoms with van der Waals surface area (Å²) in [6, 6.07) is 12.3. The Labute approximate surface area is 169 Å². The van der Waals surface area contributed by atoms with Crippen molar-refractivity contribution in [2.24, 2.45) is 0 Å². The Morgan fingerprint density at radius 2 is 2.00 bits per heavy atom. The minimum Gasteiger partial charge on any atom is -0.350 e. The van der Waals surface area contributed by atoms with Crippen molar-refractivity contribution in [2.75, 3.05) is 22.9 Å². The second-order valence-electron chi connectivity index (χ2n) is 6.46. The van der Waals surface area contributed by atoms with E-state index >= 15 is 0 Å². The summed E-state index contributed by atoms with van der Waals surface area (Å²) in [4.78, 5) is 16.1. The third-order valence-corrected chi connectivity index (χ3v) is 6.42. The van der Waals surface area contributed by atoms with Gasteiger partial charge in [-0.15, -0.1) is 0 Å². The van der Waals surface area contributed by atoms with Crippen LogP contribution in [0, 0.1) is 10.1 Å². The molecule has 1 N–H and O–H groups in total. The molecule has 156 valence electrons. The molecule has 0 radical (unpaired) electrons. The molecule has 1 aliphatic rings. The summed E-state index contributed by atoms with van der Waals surface area (Å²) in [5.41, 5.74) is 2.69. The van der Waals surface area contributed by atoms with Gasteiger partial charge in [-0.1, -0.05) is 18.2 Å². The molecule has 0 amide bonds. The Morgan fingerprint density at radius 3 is 2.62 bits per heavy atom. The van der Waals surface area contributed by atoms with Crippen LogP contribution in [0.3, 0.4) is 0 Å². The summed E-state index contributed by atoms with van der Waals surface area (Å²) >= 11 is 0. The molecule has 1 aliphatic heterocycles. The number of nitro groups is 1. The number of benzene rings is 2. The standard InChI is InChI=1S/C19H23N3O6S/c1-2-21(15-8-4-3-5-9-15)29(25,26)16-11-12-17(18(14-16)22(23)24)20-28-19-10-6-7-13-27-19/h3-5,8-9,11-12,14,19-20H,2,6-7,10,13H2,1H3. The van der Waals surface area contributed by atoms with Crippen LogP contribution in [0.2, 0.25) is 0 Å². The first-order chi connectivity index (χ1) is 13.9. The molecule has 10 heteroatoms. The first-order valence-corrected chi connectivity index (χ1v) is 10.8. The fourth-order valence-corrected chi connectivity index (χ4v) is 4.55. The van der Waals surface area contributed by atoms with Gasteiger partial charge in [-0.05, 0) is 44.0 Å². The maximum absolute atomic E-state index is 13.1. The van der Waals surface area contributed by atoms with Crippen molar-refractivity contribution in [3.63, 3.8) is 0 Å². The Hall–Kier alpha value is -2.69. The Morgan fingerprint density at radius 1 is 1.24 bits per heavy atom. The number of hydrogen-bond donors (Lipinski definition) is 1. The predicted molar refractivity (Wildman–Crippen MR) is 108 cm³/mol. The van der Waals surface area contributed by atoms with E-state index in [0.717, 1.165) is 18.9 Å². The van der Waals surface area contributed by atoms with E-state index in [-0.39, 0.29) is 17.1 Å². The van der Waals surface area contributed by atoms with Gasteiger partial charge in [0.2, 0.25) is 0 Å². The van der Waals surface area contributed by atoms with Crippen LogP contribution in [0.1, 0.15) is 26.2 Å². The predicted octanol–water partition coefficient (Wildman–Crippen LogP) is 3.68. The number of nitrogens with zero attached hydrogens (tertiary/aromatic N) is 2. The highest BCUT2D eigenvalue weighted by atomic mass is 32.2. The number of rotatable bonds is 8. The van der Waals surface area contributed by atoms with Crippen LogP contribution < -0.4 is 9.79 Å². The van der Waals surface area contributed by atoms with Gasteiger partial charge in [-0.25, -0.2) is 13.3 Å². The highest BCUT2D eigenvalue weighted by Gasteiger charge is 2.27. The van der Waals surface area contributed by atoms with Crippen molar-refractivity contribution in [1.82, 2.24) is 0 Å². The first-order valence-electron chi connectivity index (χ1n) is 9.33.